The predicted molar refractivity (Wildman–Crippen MR) is 105 cm³/mol. The van der Waals surface area contributed by atoms with Crippen LogP contribution >= 0.6 is 0 Å². The summed E-state index contributed by atoms with van der Waals surface area (Å²) in [6.45, 7) is 0.249. The lowest BCUT2D eigenvalue weighted by Crippen LogP contribution is -2.33. The van der Waals surface area contributed by atoms with Gasteiger partial charge in [-0.1, -0.05) is 12.1 Å². The average molecular weight is 405 g/mol. The van der Waals surface area contributed by atoms with Gasteiger partial charge in [0.25, 0.3) is 0 Å². The highest BCUT2D eigenvalue weighted by molar-refractivity contribution is 5.60. The second-order valence-corrected chi connectivity index (χ2v) is 8.32. The third-order valence-corrected chi connectivity index (χ3v) is 6.58. The van der Waals surface area contributed by atoms with Crippen molar-refractivity contribution in [1.82, 2.24) is 34.6 Å². The number of hydrogen-bond acceptors (Lipinski definition) is 6. The van der Waals surface area contributed by atoms with Gasteiger partial charge >= 0.3 is 0 Å². The number of hydrogen-bond donors (Lipinski definition) is 0. The van der Waals surface area contributed by atoms with Crippen molar-refractivity contribution in [3.8, 4) is 17.3 Å². The maximum Gasteiger partial charge on any atom is 0.236 e. The summed E-state index contributed by atoms with van der Waals surface area (Å²) in [6, 6.07) is 8.51. The molecule has 3 saturated carbocycles. The Hall–Kier alpha value is -3.36. The highest BCUT2D eigenvalue weighted by Crippen LogP contribution is 2.61. The Balaban J connectivity index is 1.47. The molecule has 0 radical (unpaired) electrons. The van der Waals surface area contributed by atoms with Gasteiger partial charge in [0.1, 0.15) is 18.8 Å². The normalized spacial score (nSPS) is 22.4. The quantitative estimate of drug-likeness (QED) is 0.507. The lowest BCUT2D eigenvalue weighted by atomic mass is 9.66. The minimum absolute atomic E-state index is 0.0960. The molecule has 4 aromatic rings. The van der Waals surface area contributed by atoms with Gasteiger partial charge in [-0.15, -0.1) is 15.3 Å². The molecule has 3 aliphatic rings. The SMILES string of the molecule is Cn1ncnc1COc1nn2c(-c3ccccc3F)nnc2cc1C12CCC(C1)C2. The van der Waals surface area contributed by atoms with Crippen molar-refractivity contribution in [2.45, 2.75) is 37.7 Å². The molecule has 0 amide bonds. The largest absolute Gasteiger partial charge is 0.468 e. The Kier molecular flexibility index (Phi) is 3.68. The molecule has 3 aliphatic carbocycles. The van der Waals surface area contributed by atoms with Gasteiger partial charge in [-0.2, -0.15) is 9.61 Å². The first kappa shape index (κ1) is 17.5. The highest BCUT2D eigenvalue weighted by Gasteiger charge is 2.53. The Morgan fingerprint density at radius 2 is 2.10 bits per heavy atom. The van der Waals surface area contributed by atoms with Crippen LogP contribution in [0.15, 0.2) is 36.7 Å². The molecule has 7 rings (SSSR count). The molecule has 3 aromatic heterocycles. The van der Waals surface area contributed by atoms with Gasteiger partial charge in [-0.05, 0) is 49.8 Å². The second kappa shape index (κ2) is 6.32. The number of fused-ring (bicyclic) bond motifs is 2. The van der Waals surface area contributed by atoms with Gasteiger partial charge in [0.05, 0.1) is 5.56 Å². The molecule has 3 heterocycles. The van der Waals surface area contributed by atoms with E-state index in [1.54, 1.807) is 27.4 Å². The lowest BCUT2D eigenvalue weighted by molar-refractivity contribution is 0.217. The van der Waals surface area contributed by atoms with Crippen LogP contribution in [0.2, 0.25) is 0 Å². The molecule has 30 heavy (non-hydrogen) atoms. The number of aromatic nitrogens is 7. The number of benzene rings is 1. The van der Waals surface area contributed by atoms with Crippen molar-refractivity contribution in [3.05, 3.63) is 53.9 Å². The van der Waals surface area contributed by atoms with Gasteiger partial charge in [0, 0.05) is 18.0 Å². The zero-order valence-corrected chi connectivity index (χ0v) is 16.5. The Morgan fingerprint density at radius 1 is 1.23 bits per heavy atom. The predicted octanol–water partition coefficient (Wildman–Crippen LogP) is 3.08. The van der Waals surface area contributed by atoms with Crippen LogP contribution in [0.25, 0.3) is 17.0 Å². The monoisotopic (exact) mass is 405 g/mol. The topological polar surface area (TPSA) is 83.0 Å². The van der Waals surface area contributed by atoms with Gasteiger partial charge in [0.2, 0.25) is 5.88 Å². The van der Waals surface area contributed by atoms with Crippen molar-refractivity contribution in [3.63, 3.8) is 0 Å². The van der Waals surface area contributed by atoms with Gasteiger partial charge in [-0.25, -0.2) is 9.37 Å². The molecule has 3 fully saturated rings. The lowest BCUT2D eigenvalue weighted by Gasteiger charge is -2.39. The van der Waals surface area contributed by atoms with E-state index < -0.39 is 0 Å². The van der Waals surface area contributed by atoms with Crippen LogP contribution in [-0.2, 0) is 19.1 Å². The molecule has 1 aromatic carbocycles. The molecule has 0 aliphatic heterocycles. The van der Waals surface area contributed by atoms with Crippen molar-refractivity contribution in [2.24, 2.45) is 13.0 Å². The molecular weight excluding hydrogens is 385 g/mol. The van der Waals surface area contributed by atoms with Crippen LogP contribution in [0, 0.1) is 11.7 Å². The van der Waals surface area contributed by atoms with Gasteiger partial charge < -0.3 is 4.74 Å². The molecule has 0 N–H and O–H groups in total. The molecular formula is C21H20FN7O. The number of aryl methyl sites for hydroxylation is 1. The molecule has 9 heteroatoms. The highest BCUT2D eigenvalue weighted by atomic mass is 19.1. The molecule has 0 spiro atoms. The fraction of sp³-hybridized carbons (Fsp3) is 0.381. The Morgan fingerprint density at radius 3 is 2.83 bits per heavy atom. The number of nitrogens with zero attached hydrogens (tertiary/aromatic N) is 7. The molecule has 2 bridgehead atoms. The minimum Gasteiger partial charge on any atom is -0.468 e. The van der Waals surface area contributed by atoms with Crippen molar-refractivity contribution < 1.29 is 9.13 Å². The van der Waals surface area contributed by atoms with E-state index >= 15 is 0 Å². The van der Waals surface area contributed by atoms with E-state index in [9.17, 15) is 4.39 Å². The Labute approximate surface area is 171 Å². The summed E-state index contributed by atoms with van der Waals surface area (Å²) >= 11 is 0. The maximum absolute atomic E-state index is 14.4. The summed E-state index contributed by atoms with van der Waals surface area (Å²) in [5, 5.41) is 17.3. The van der Waals surface area contributed by atoms with E-state index in [1.807, 2.05) is 13.1 Å². The molecule has 152 valence electrons. The van der Waals surface area contributed by atoms with E-state index in [-0.39, 0.29) is 17.8 Å². The summed E-state index contributed by atoms with van der Waals surface area (Å²) in [6.07, 6.45) is 6.17. The first-order valence-electron chi connectivity index (χ1n) is 10.1. The fourth-order valence-corrected chi connectivity index (χ4v) is 4.99. The summed E-state index contributed by atoms with van der Waals surface area (Å²) in [4.78, 5) is 4.23. The first-order chi connectivity index (χ1) is 14.6. The van der Waals surface area contributed by atoms with E-state index in [4.69, 9.17) is 9.84 Å². The molecule has 8 nitrogen and oxygen atoms in total. The molecule has 0 saturated heterocycles. The second-order valence-electron chi connectivity index (χ2n) is 8.32. The van der Waals surface area contributed by atoms with Crippen LogP contribution in [-0.4, -0.2) is 34.6 Å². The maximum atomic E-state index is 14.4. The summed E-state index contributed by atoms with van der Waals surface area (Å²) in [5.41, 5.74) is 2.11. The average Bonchev–Trinajstić information content (AvgIpc) is 3.49. The fourth-order valence-electron chi connectivity index (χ4n) is 4.99. The van der Waals surface area contributed by atoms with Gasteiger partial charge in [-0.3, -0.25) is 4.68 Å². The van der Waals surface area contributed by atoms with Crippen LogP contribution in [0.4, 0.5) is 4.39 Å². The zero-order chi connectivity index (χ0) is 20.3. The minimum atomic E-state index is -0.365. The van der Waals surface area contributed by atoms with Crippen molar-refractivity contribution in [1.29, 1.82) is 0 Å². The van der Waals surface area contributed by atoms with Crippen LogP contribution < -0.4 is 4.74 Å². The summed E-state index contributed by atoms with van der Waals surface area (Å²) in [7, 11) is 1.82. The third-order valence-electron chi connectivity index (χ3n) is 6.58. The first-order valence-corrected chi connectivity index (χ1v) is 10.1. The van der Waals surface area contributed by atoms with Gasteiger partial charge in [0.15, 0.2) is 17.3 Å². The van der Waals surface area contributed by atoms with Crippen LogP contribution in [0.5, 0.6) is 5.88 Å². The van der Waals surface area contributed by atoms with E-state index in [2.05, 4.69) is 20.3 Å². The number of rotatable bonds is 5. The number of ether oxygens (including phenoxy) is 1. The van der Waals surface area contributed by atoms with E-state index in [0.29, 0.717) is 28.7 Å². The number of halogens is 1. The third kappa shape index (κ3) is 2.54. The zero-order valence-electron chi connectivity index (χ0n) is 16.5. The van der Waals surface area contributed by atoms with Crippen molar-refractivity contribution >= 4 is 5.65 Å². The van der Waals surface area contributed by atoms with Crippen LogP contribution in [0.3, 0.4) is 0 Å². The summed E-state index contributed by atoms with van der Waals surface area (Å²) in [5.74, 6) is 2.02. The van der Waals surface area contributed by atoms with Crippen LogP contribution in [0.1, 0.15) is 37.1 Å². The molecule has 0 atom stereocenters. The Bertz CT molecular complexity index is 1250. The standard InChI is InChI=1S/C21H20FN7O/c1-28-18(23-12-24-28)11-30-20-15(21-7-6-13(9-21)10-21)8-17-25-26-19(29(17)27-20)14-4-2-3-5-16(14)22/h2-5,8,12-13H,6-7,9-11H2,1H3. The van der Waals surface area contributed by atoms with E-state index in [0.717, 1.165) is 30.7 Å². The smallest absolute Gasteiger partial charge is 0.236 e. The van der Waals surface area contributed by atoms with Crippen molar-refractivity contribution in [2.75, 3.05) is 0 Å². The molecule has 0 unspecified atom stereocenters. The van der Waals surface area contributed by atoms with E-state index in [1.165, 1.54) is 18.8 Å². The summed E-state index contributed by atoms with van der Waals surface area (Å²) < 4.78 is 23.8.